The van der Waals surface area contributed by atoms with Gasteiger partial charge in [0.2, 0.25) is 11.8 Å². The van der Waals surface area contributed by atoms with Crippen molar-refractivity contribution in [3.63, 3.8) is 0 Å². The molecule has 0 saturated carbocycles. The average molecular weight is 420 g/mol. The van der Waals surface area contributed by atoms with E-state index in [0.717, 1.165) is 35.9 Å². The van der Waals surface area contributed by atoms with Crippen LogP contribution >= 0.6 is 0 Å². The van der Waals surface area contributed by atoms with Gasteiger partial charge < -0.3 is 14.4 Å². The van der Waals surface area contributed by atoms with Crippen molar-refractivity contribution in [2.45, 2.75) is 65.6 Å². The number of nitrogens with zero attached hydrogens (tertiary/aromatic N) is 3. The number of hydrogen-bond donors (Lipinski definition) is 0. The molecular weight excluding hydrogens is 386 g/mol. The number of carbonyl (C=O) groups excluding carboxylic acids is 2. The molecule has 2 aliphatic heterocycles. The highest BCUT2D eigenvalue weighted by atomic mass is 16.2. The standard InChI is InChI=1S/C26H33N3O2/c1-18(2)11-14-27-17-20(21-8-5-6-9-22(21)27)16-24-26(31)28-13-7-10-23(28)25(30)29(24)15-12-19(3)4/h5-6,8-9,11-12,17,23-24H,7,10,13-16H2,1-4H3/t23-,24+/m1/s1. The first-order chi connectivity index (χ1) is 14.9. The molecule has 0 bridgehead atoms. The maximum Gasteiger partial charge on any atom is 0.246 e. The molecule has 3 heterocycles. The number of para-hydroxylation sites is 1. The van der Waals surface area contributed by atoms with E-state index in [1.807, 2.05) is 29.7 Å². The van der Waals surface area contributed by atoms with Crippen molar-refractivity contribution in [3.05, 3.63) is 59.3 Å². The lowest BCUT2D eigenvalue weighted by atomic mass is 9.98. The zero-order valence-corrected chi connectivity index (χ0v) is 19.1. The number of aromatic nitrogens is 1. The third kappa shape index (κ3) is 4.18. The fourth-order valence-electron chi connectivity index (χ4n) is 4.78. The van der Waals surface area contributed by atoms with Crippen molar-refractivity contribution in [1.82, 2.24) is 14.4 Å². The van der Waals surface area contributed by atoms with Crippen LogP contribution in [0.3, 0.4) is 0 Å². The lowest BCUT2D eigenvalue weighted by Crippen LogP contribution is -2.63. The first-order valence-corrected chi connectivity index (χ1v) is 11.3. The zero-order valence-electron chi connectivity index (χ0n) is 19.1. The fraction of sp³-hybridized carbons (Fsp3) is 0.462. The number of benzene rings is 1. The lowest BCUT2D eigenvalue weighted by molar-refractivity contribution is -0.158. The van der Waals surface area contributed by atoms with Crippen LogP contribution in [0.25, 0.3) is 10.9 Å². The van der Waals surface area contributed by atoms with Crippen molar-refractivity contribution in [1.29, 1.82) is 0 Å². The summed E-state index contributed by atoms with van der Waals surface area (Å²) in [5, 5.41) is 1.16. The highest BCUT2D eigenvalue weighted by molar-refractivity contribution is 5.98. The minimum Gasteiger partial charge on any atom is -0.343 e. The van der Waals surface area contributed by atoms with Gasteiger partial charge in [-0.25, -0.2) is 0 Å². The van der Waals surface area contributed by atoms with Crippen LogP contribution in [0.15, 0.2) is 53.8 Å². The molecule has 1 aromatic heterocycles. The summed E-state index contributed by atoms with van der Waals surface area (Å²) < 4.78 is 2.24. The molecule has 0 aliphatic carbocycles. The van der Waals surface area contributed by atoms with Crippen LogP contribution in [-0.4, -0.2) is 51.4 Å². The van der Waals surface area contributed by atoms with Gasteiger partial charge in [0, 0.05) is 43.2 Å². The molecule has 5 nitrogen and oxygen atoms in total. The number of amides is 2. The smallest absolute Gasteiger partial charge is 0.246 e. The van der Waals surface area contributed by atoms with Gasteiger partial charge in [0.1, 0.15) is 12.1 Å². The van der Waals surface area contributed by atoms with Gasteiger partial charge in [-0.15, -0.1) is 0 Å². The van der Waals surface area contributed by atoms with Gasteiger partial charge in [-0.2, -0.15) is 0 Å². The van der Waals surface area contributed by atoms with Crippen LogP contribution in [0.1, 0.15) is 46.1 Å². The van der Waals surface area contributed by atoms with Crippen LogP contribution in [0.5, 0.6) is 0 Å². The Morgan fingerprint density at radius 2 is 1.71 bits per heavy atom. The Hall–Kier alpha value is -2.82. The molecule has 0 unspecified atom stereocenters. The van der Waals surface area contributed by atoms with Gasteiger partial charge in [-0.3, -0.25) is 9.59 Å². The van der Waals surface area contributed by atoms with Crippen LogP contribution in [-0.2, 0) is 22.6 Å². The summed E-state index contributed by atoms with van der Waals surface area (Å²) in [5.41, 5.74) is 4.73. The highest BCUT2D eigenvalue weighted by Gasteiger charge is 2.47. The van der Waals surface area contributed by atoms with Crippen molar-refractivity contribution < 1.29 is 9.59 Å². The summed E-state index contributed by atoms with van der Waals surface area (Å²) in [5.74, 6) is 0.207. The van der Waals surface area contributed by atoms with Crippen molar-refractivity contribution in [2.75, 3.05) is 13.1 Å². The summed E-state index contributed by atoms with van der Waals surface area (Å²) in [6.45, 7) is 10.3. The molecule has 1 aromatic carbocycles. The molecule has 164 valence electrons. The summed E-state index contributed by atoms with van der Waals surface area (Å²) >= 11 is 0. The molecule has 2 atom stereocenters. The normalized spacial score (nSPS) is 20.9. The topological polar surface area (TPSA) is 45.6 Å². The van der Waals surface area contributed by atoms with E-state index in [-0.39, 0.29) is 17.9 Å². The molecule has 4 rings (SSSR count). The summed E-state index contributed by atoms with van der Waals surface area (Å²) in [6.07, 6.45) is 8.67. The Kier molecular flexibility index (Phi) is 6.03. The van der Waals surface area contributed by atoms with Gasteiger partial charge in [0.15, 0.2) is 0 Å². The van der Waals surface area contributed by atoms with Crippen molar-refractivity contribution in [3.8, 4) is 0 Å². The van der Waals surface area contributed by atoms with E-state index in [2.05, 4.69) is 55.0 Å². The van der Waals surface area contributed by atoms with Crippen LogP contribution < -0.4 is 0 Å². The maximum absolute atomic E-state index is 13.5. The Bertz CT molecular complexity index is 1050. The van der Waals surface area contributed by atoms with E-state index in [9.17, 15) is 9.59 Å². The first-order valence-electron chi connectivity index (χ1n) is 11.3. The van der Waals surface area contributed by atoms with Gasteiger partial charge in [0.05, 0.1) is 0 Å². The quantitative estimate of drug-likeness (QED) is 0.655. The monoisotopic (exact) mass is 419 g/mol. The first kappa shape index (κ1) is 21.4. The van der Waals surface area contributed by atoms with Gasteiger partial charge >= 0.3 is 0 Å². The Morgan fingerprint density at radius 3 is 2.45 bits per heavy atom. The van der Waals surface area contributed by atoms with Crippen LogP contribution in [0.2, 0.25) is 0 Å². The van der Waals surface area contributed by atoms with Crippen LogP contribution in [0, 0.1) is 0 Å². The van der Waals surface area contributed by atoms with Gasteiger partial charge in [-0.05, 0) is 52.2 Å². The van der Waals surface area contributed by atoms with Gasteiger partial charge in [-0.1, -0.05) is 41.5 Å². The predicted octanol–water partition coefficient (Wildman–Crippen LogP) is 4.32. The molecule has 2 saturated heterocycles. The van der Waals surface area contributed by atoms with Crippen molar-refractivity contribution >= 4 is 22.7 Å². The Morgan fingerprint density at radius 1 is 1.00 bits per heavy atom. The number of fused-ring (bicyclic) bond motifs is 2. The van der Waals surface area contributed by atoms with Crippen LogP contribution in [0.4, 0.5) is 0 Å². The largest absolute Gasteiger partial charge is 0.343 e. The third-order valence-corrected chi connectivity index (χ3v) is 6.44. The third-order valence-electron chi connectivity index (χ3n) is 6.44. The number of piperazine rings is 1. The molecule has 2 fully saturated rings. The van der Waals surface area contributed by atoms with E-state index in [0.29, 0.717) is 19.5 Å². The molecular formula is C26H33N3O2. The predicted molar refractivity (Wildman–Crippen MR) is 125 cm³/mol. The summed E-state index contributed by atoms with van der Waals surface area (Å²) in [7, 11) is 0. The van der Waals surface area contributed by atoms with E-state index in [1.54, 1.807) is 0 Å². The zero-order chi connectivity index (χ0) is 22.1. The highest BCUT2D eigenvalue weighted by Crippen LogP contribution is 2.31. The molecule has 5 heteroatoms. The van der Waals surface area contributed by atoms with E-state index in [1.165, 1.54) is 11.1 Å². The Balaban J connectivity index is 1.71. The second-order valence-electron chi connectivity index (χ2n) is 9.29. The second kappa shape index (κ2) is 8.74. The number of carbonyl (C=O) groups is 2. The molecule has 31 heavy (non-hydrogen) atoms. The molecule has 0 spiro atoms. The minimum absolute atomic E-state index is 0.102. The van der Waals surface area contributed by atoms with E-state index in [4.69, 9.17) is 0 Å². The lowest BCUT2D eigenvalue weighted by Gasteiger charge is -2.42. The molecule has 0 N–H and O–H groups in total. The summed E-state index contributed by atoms with van der Waals surface area (Å²) in [6, 6.07) is 7.63. The molecule has 2 aliphatic rings. The van der Waals surface area contributed by atoms with E-state index >= 15 is 0 Å². The SMILES string of the molecule is CC(C)=CCN1C(=O)[C@H]2CCCN2C(=O)[C@@H]1Cc1cn(CC=C(C)C)c2ccccc12. The number of hydrogen-bond acceptors (Lipinski definition) is 2. The average Bonchev–Trinajstić information content (AvgIpc) is 3.35. The van der Waals surface area contributed by atoms with Gasteiger partial charge in [0.25, 0.3) is 0 Å². The maximum atomic E-state index is 13.5. The molecule has 2 amide bonds. The Labute approximate surface area is 185 Å². The second-order valence-corrected chi connectivity index (χ2v) is 9.29. The molecule has 0 radical (unpaired) electrons. The fourth-order valence-corrected chi connectivity index (χ4v) is 4.78. The van der Waals surface area contributed by atoms with Crippen molar-refractivity contribution in [2.24, 2.45) is 0 Å². The minimum atomic E-state index is -0.444. The molecule has 2 aromatic rings. The van der Waals surface area contributed by atoms with E-state index < -0.39 is 6.04 Å². The summed E-state index contributed by atoms with van der Waals surface area (Å²) in [4.78, 5) is 30.4. The number of rotatable bonds is 6. The number of allylic oxidation sites excluding steroid dienone is 3.